The van der Waals surface area contributed by atoms with Crippen molar-refractivity contribution in [2.24, 2.45) is 0 Å². The van der Waals surface area contributed by atoms with Crippen LogP contribution in [0.5, 0.6) is 0 Å². The van der Waals surface area contributed by atoms with Gasteiger partial charge in [0.15, 0.2) is 11.5 Å². The molecular weight excluding hydrogens is 270 g/mol. The summed E-state index contributed by atoms with van der Waals surface area (Å²) < 4.78 is 1.59. The summed E-state index contributed by atoms with van der Waals surface area (Å²) in [5, 5.41) is 18.3. The van der Waals surface area contributed by atoms with E-state index in [-0.39, 0.29) is 11.1 Å². The number of hydrogen-bond acceptors (Lipinski definition) is 4. The number of nitrogens with zero attached hydrogens (tertiary/aromatic N) is 4. The van der Waals surface area contributed by atoms with Crippen molar-refractivity contribution in [1.82, 2.24) is 19.8 Å². The van der Waals surface area contributed by atoms with E-state index in [1.165, 1.54) is 12.1 Å². The second-order valence-corrected chi connectivity index (χ2v) is 5.93. The van der Waals surface area contributed by atoms with Crippen LogP contribution in [0.15, 0.2) is 30.3 Å². The number of nitro benzene ring substituents is 1. The van der Waals surface area contributed by atoms with Gasteiger partial charge in [0, 0.05) is 34.9 Å². The van der Waals surface area contributed by atoms with E-state index in [0.717, 1.165) is 5.69 Å². The summed E-state index contributed by atoms with van der Waals surface area (Å²) in [5.74, 6) is 0.463. The molecule has 3 rings (SSSR count). The molecule has 7 heteroatoms. The molecule has 2 aromatic heterocycles. The van der Waals surface area contributed by atoms with Gasteiger partial charge in [-0.05, 0) is 0 Å². The third-order valence-corrected chi connectivity index (χ3v) is 3.26. The number of rotatable bonds is 2. The van der Waals surface area contributed by atoms with Crippen molar-refractivity contribution >= 4 is 11.3 Å². The molecule has 108 valence electrons. The van der Waals surface area contributed by atoms with Crippen LogP contribution in [0.3, 0.4) is 0 Å². The van der Waals surface area contributed by atoms with Crippen molar-refractivity contribution in [3.63, 3.8) is 0 Å². The van der Waals surface area contributed by atoms with Crippen molar-refractivity contribution in [3.05, 3.63) is 46.1 Å². The smallest absolute Gasteiger partial charge is 0.270 e. The van der Waals surface area contributed by atoms with E-state index >= 15 is 0 Å². The zero-order chi connectivity index (χ0) is 15.2. The number of nitro groups is 1. The van der Waals surface area contributed by atoms with E-state index in [2.05, 4.69) is 36.0 Å². The minimum Gasteiger partial charge on any atom is -0.280 e. The molecule has 0 saturated carbocycles. The van der Waals surface area contributed by atoms with E-state index in [4.69, 9.17) is 0 Å². The molecule has 1 aromatic carbocycles. The Bertz CT molecular complexity index is 794. The van der Waals surface area contributed by atoms with Gasteiger partial charge in [0.05, 0.1) is 4.92 Å². The zero-order valence-corrected chi connectivity index (χ0v) is 12.0. The van der Waals surface area contributed by atoms with Crippen LogP contribution < -0.4 is 0 Å². The Hall–Kier alpha value is -2.70. The second kappa shape index (κ2) is 4.41. The molecule has 0 saturated heterocycles. The topological polar surface area (TPSA) is 89.1 Å². The maximum absolute atomic E-state index is 10.8. The predicted molar refractivity (Wildman–Crippen MR) is 78.1 cm³/mol. The van der Waals surface area contributed by atoms with Crippen LogP contribution in [0, 0.1) is 10.1 Å². The normalized spacial score (nSPS) is 12.0. The maximum Gasteiger partial charge on any atom is 0.270 e. The molecule has 0 aliphatic heterocycles. The highest BCUT2D eigenvalue weighted by molar-refractivity contribution is 5.61. The Balaban J connectivity index is 2.04. The standard InChI is InChI=1S/C14H15N5O2/c1-14(2,3)11-8-12-15-13(17-18(12)16-11)9-5-4-6-10(7-9)19(20)21/h4-8,16H,1-3H3. The van der Waals surface area contributed by atoms with Gasteiger partial charge < -0.3 is 0 Å². The van der Waals surface area contributed by atoms with E-state index in [1.807, 2.05) is 6.07 Å². The van der Waals surface area contributed by atoms with Gasteiger partial charge in [0.25, 0.3) is 5.69 Å². The maximum atomic E-state index is 10.8. The fourth-order valence-corrected chi connectivity index (χ4v) is 2.04. The van der Waals surface area contributed by atoms with Crippen LogP contribution in [-0.2, 0) is 5.41 Å². The van der Waals surface area contributed by atoms with Crippen molar-refractivity contribution < 1.29 is 4.92 Å². The Morgan fingerprint density at radius 1 is 1.29 bits per heavy atom. The molecule has 0 radical (unpaired) electrons. The molecule has 7 nitrogen and oxygen atoms in total. The summed E-state index contributed by atoms with van der Waals surface area (Å²) in [7, 11) is 0. The van der Waals surface area contributed by atoms with Gasteiger partial charge in [-0.2, -0.15) is 4.63 Å². The largest absolute Gasteiger partial charge is 0.280 e. The van der Waals surface area contributed by atoms with Crippen LogP contribution in [0.2, 0.25) is 0 Å². The Labute approximate surface area is 120 Å². The monoisotopic (exact) mass is 285 g/mol. The molecule has 0 spiro atoms. The Morgan fingerprint density at radius 2 is 2.05 bits per heavy atom. The minimum absolute atomic E-state index is 0.0198. The highest BCUT2D eigenvalue weighted by Crippen LogP contribution is 2.24. The molecule has 1 N–H and O–H groups in total. The summed E-state index contributed by atoms with van der Waals surface area (Å²) in [4.78, 5) is 14.8. The Morgan fingerprint density at radius 3 is 2.67 bits per heavy atom. The molecule has 0 fully saturated rings. The lowest BCUT2D eigenvalue weighted by Gasteiger charge is -2.14. The predicted octanol–water partition coefficient (Wildman–Crippen LogP) is 2.93. The fourth-order valence-electron chi connectivity index (χ4n) is 2.04. The lowest BCUT2D eigenvalue weighted by atomic mass is 9.93. The number of hydrogen-bond donors (Lipinski definition) is 1. The number of aromatic nitrogens is 4. The van der Waals surface area contributed by atoms with Gasteiger partial charge in [0.1, 0.15) is 0 Å². The van der Waals surface area contributed by atoms with E-state index in [0.29, 0.717) is 17.0 Å². The number of aromatic amines is 1. The summed E-state index contributed by atoms with van der Waals surface area (Å²) in [6, 6.07) is 8.24. The molecule has 2 heterocycles. The van der Waals surface area contributed by atoms with E-state index in [1.54, 1.807) is 16.8 Å². The third-order valence-electron chi connectivity index (χ3n) is 3.26. The number of fused-ring (bicyclic) bond motifs is 1. The number of H-pyrrole nitrogens is 1. The first kappa shape index (κ1) is 13.3. The average Bonchev–Trinajstić information content (AvgIpc) is 2.96. The third kappa shape index (κ3) is 2.37. The average molecular weight is 285 g/mol. The number of non-ortho nitro benzene ring substituents is 1. The first-order valence-electron chi connectivity index (χ1n) is 6.56. The molecule has 3 aromatic rings. The van der Waals surface area contributed by atoms with Gasteiger partial charge in [-0.15, -0.1) is 5.10 Å². The molecule has 0 bridgehead atoms. The number of nitrogens with one attached hydrogen (secondary N) is 1. The molecular formula is C14H15N5O2. The summed E-state index contributed by atoms with van der Waals surface area (Å²) in [5.41, 5.74) is 2.36. The Kier molecular flexibility index (Phi) is 2.79. The SMILES string of the molecule is CC(C)(C)c1cc2nc(-c3cccc([N+](=O)[O-])c3)nn2[nH]1. The van der Waals surface area contributed by atoms with Gasteiger partial charge in [0.2, 0.25) is 0 Å². The lowest BCUT2D eigenvalue weighted by molar-refractivity contribution is -0.384. The molecule has 0 unspecified atom stereocenters. The van der Waals surface area contributed by atoms with Gasteiger partial charge in [-0.1, -0.05) is 32.9 Å². The van der Waals surface area contributed by atoms with Crippen LogP contribution in [0.25, 0.3) is 17.0 Å². The second-order valence-electron chi connectivity index (χ2n) is 5.93. The summed E-state index contributed by atoms with van der Waals surface area (Å²) in [6.07, 6.45) is 0. The van der Waals surface area contributed by atoms with Crippen molar-refractivity contribution in [3.8, 4) is 11.4 Å². The highest BCUT2D eigenvalue weighted by Gasteiger charge is 2.19. The molecule has 0 aliphatic rings. The van der Waals surface area contributed by atoms with Crippen LogP contribution >= 0.6 is 0 Å². The first-order valence-corrected chi connectivity index (χ1v) is 6.56. The first-order chi connectivity index (χ1) is 9.84. The molecule has 0 amide bonds. The van der Waals surface area contributed by atoms with Crippen LogP contribution in [-0.4, -0.2) is 24.7 Å². The van der Waals surface area contributed by atoms with Gasteiger partial charge in [-0.3, -0.25) is 15.2 Å². The van der Waals surface area contributed by atoms with E-state index < -0.39 is 4.92 Å². The zero-order valence-electron chi connectivity index (χ0n) is 12.0. The van der Waals surface area contributed by atoms with Crippen molar-refractivity contribution in [1.29, 1.82) is 0 Å². The van der Waals surface area contributed by atoms with Crippen LogP contribution in [0.4, 0.5) is 5.69 Å². The quantitative estimate of drug-likeness (QED) is 0.579. The van der Waals surface area contributed by atoms with Crippen molar-refractivity contribution in [2.75, 3.05) is 0 Å². The highest BCUT2D eigenvalue weighted by atomic mass is 16.6. The van der Waals surface area contributed by atoms with Crippen LogP contribution in [0.1, 0.15) is 26.5 Å². The minimum atomic E-state index is -0.427. The van der Waals surface area contributed by atoms with Crippen molar-refractivity contribution in [2.45, 2.75) is 26.2 Å². The van der Waals surface area contributed by atoms with Gasteiger partial charge >= 0.3 is 0 Å². The summed E-state index contributed by atoms with van der Waals surface area (Å²) >= 11 is 0. The molecule has 21 heavy (non-hydrogen) atoms. The lowest BCUT2D eigenvalue weighted by Crippen LogP contribution is -2.12. The van der Waals surface area contributed by atoms with Gasteiger partial charge in [-0.25, -0.2) is 4.98 Å². The fraction of sp³-hybridized carbons (Fsp3) is 0.286. The van der Waals surface area contributed by atoms with E-state index in [9.17, 15) is 10.1 Å². The number of benzene rings is 1. The molecule has 0 atom stereocenters. The summed E-state index contributed by atoms with van der Waals surface area (Å²) in [6.45, 7) is 6.29. The molecule has 0 aliphatic carbocycles.